The topological polar surface area (TPSA) is 87.0 Å². The van der Waals surface area contributed by atoms with Crippen LogP contribution in [0.15, 0.2) is 84.9 Å². The number of cyclic esters (lactones) is 1. The van der Waals surface area contributed by atoms with Gasteiger partial charge in [-0.05, 0) is 23.3 Å². The third-order valence-electron chi connectivity index (χ3n) is 6.47. The normalized spacial score (nSPS) is 25.4. The average Bonchev–Trinajstić information content (AvgIpc) is 3.40. The molecule has 0 saturated carbocycles. The smallest absolute Gasteiger partial charge is 0.417 e. The van der Waals surface area contributed by atoms with Gasteiger partial charge < -0.3 is 4.74 Å². The van der Waals surface area contributed by atoms with Crippen molar-refractivity contribution in [1.82, 2.24) is 14.9 Å². The second-order valence-electron chi connectivity index (χ2n) is 8.36. The highest BCUT2D eigenvalue weighted by Gasteiger charge is 2.63. The van der Waals surface area contributed by atoms with E-state index in [9.17, 15) is 19.2 Å². The fraction of sp³-hybridized carbons (Fsp3) is 0.154. The van der Waals surface area contributed by atoms with Crippen molar-refractivity contribution in [2.75, 3.05) is 6.61 Å². The van der Waals surface area contributed by atoms with E-state index in [1.54, 1.807) is 24.3 Å². The number of nitrogens with zero attached hydrogens (tertiary/aromatic N) is 3. The van der Waals surface area contributed by atoms with E-state index in [2.05, 4.69) is 0 Å². The van der Waals surface area contributed by atoms with Gasteiger partial charge in [0, 0.05) is 0 Å². The van der Waals surface area contributed by atoms with E-state index in [1.807, 2.05) is 60.7 Å². The lowest BCUT2D eigenvalue weighted by Crippen LogP contribution is -2.42. The summed E-state index contributed by atoms with van der Waals surface area (Å²) in [5.74, 6) is -1.48. The second-order valence-corrected chi connectivity index (χ2v) is 8.36. The summed E-state index contributed by atoms with van der Waals surface area (Å²) in [6, 6.07) is 22.9. The molecular weight excluding hydrogens is 434 g/mol. The fourth-order valence-corrected chi connectivity index (χ4v) is 4.82. The molecule has 0 aromatic heterocycles. The maximum Gasteiger partial charge on any atom is 0.417 e. The Hall–Kier alpha value is -4.30. The number of carbonyl (C=O) groups excluding carboxylic acids is 4. The van der Waals surface area contributed by atoms with Gasteiger partial charge in [-0.15, -0.1) is 0 Å². The van der Waals surface area contributed by atoms with E-state index in [-0.39, 0.29) is 6.61 Å². The molecule has 3 aliphatic rings. The molecule has 0 bridgehead atoms. The van der Waals surface area contributed by atoms with Crippen molar-refractivity contribution in [3.63, 3.8) is 0 Å². The van der Waals surface area contributed by atoms with Gasteiger partial charge in [0.25, 0.3) is 17.7 Å². The minimum absolute atomic E-state index is 0.0460. The molecule has 1 unspecified atom stereocenters. The number of amides is 4. The van der Waals surface area contributed by atoms with E-state index in [0.29, 0.717) is 11.1 Å². The largest absolute Gasteiger partial charge is 0.446 e. The molecule has 2 saturated heterocycles. The van der Waals surface area contributed by atoms with Gasteiger partial charge in [-0.3, -0.25) is 14.4 Å². The van der Waals surface area contributed by atoms with Crippen molar-refractivity contribution in [3.8, 4) is 0 Å². The van der Waals surface area contributed by atoms with E-state index >= 15 is 0 Å². The number of hydrazine groups is 1. The monoisotopic (exact) mass is 453 g/mol. The minimum atomic E-state index is -0.901. The highest BCUT2D eigenvalue weighted by molar-refractivity contribution is 6.21. The number of fused-ring (bicyclic) bond motifs is 1. The number of ether oxygens (including phenoxy) is 1. The van der Waals surface area contributed by atoms with Crippen LogP contribution in [0.4, 0.5) is 4.79 Å². The summed E-state index contributed by atoms with van der Waals surface area (Å²) in [5, 5.41) is 2.50. The molecule has 2 fully saturated rings. The van der Waals surface area contributed by atoms with Crippen molar-refractivity contribution in [2.24, 2.45) is 0 Å². The zero-order chi connectivity index (χ0) is 23.4. The van der Waals surface area contributed by atoms with Crippen LogP contribution in [0.5, 0.6) is 0 Å². The van der Waals surface area contributed by atoms with Crippen molar-refractivity contribution < 1.29 is 23.9 Å². The highest BCUT2D eigenvalue weighted by atomic mass is 16.6. The zero-order valence-electron chi connectivity index (χ0n) is 17.9. The zero-order valence-corrected chi connectivity index (χ0v) is 17.9. The van der Waals surface area contributed by atoms with Gasteiger partial charge in [-0.25, -0.2) is 14.7 Å². The molecule has 3 heterocycles. The van der Waals surface area contributed by atoms with E-state index in [4.69, 9.17) is 4.74 Å². The summed E-state index contributed by atoms with van der Waals surface area (Å²) in [7, 11) is 0. The lowest BCUT2D eigenvalue weighted by atomic mass is 10.1. The van der Waals surface area contributed by atoms with Crippen LogP contribution in [-0.2, 0) is 9.53 Å². The number of carbonyl (C=O) groups is 4. The number of rotatable bonds is 4. The SMILES string of the molecule is O=C1OC[C@H](c2ccccc2)N1C(=O)[C@@H]1[C@@H](c2ccccc2)N1N1C(=O)c2ccccc2C1=O. The van der Waals surface area contributed by atoms with Gasteiger partial charge in [0.05, 0.1) is 17.2 Å². The van der Waals surface area contributed by atoms with Crippen LogP contribution in [0.3, 0.4) is 0 Å². The van der Waals surface area contributed by atoms with Crippen LogP contribution < -0.4 is 0 Å². The van der Waals surface area contributed by atoms with Crippen molar-refractivity contribution in [1.29, 1.82) is 0 Å². The molecule has 34 heavy (non-hydrogen) atoms. The predicted molar refractivity (Wildman–Crippen MR) is 119 cm³/mol. The first kappa shape index (κ1) is 20.3. The summed E-state index contributed by atoms with van der Waals surface area (Å²) in [5.41, 5.74) is 2.12. The third kappa shape index (κ3) is 2.96. The molecule has 4 atom stereocenters. The Morgan fingerprint density at radius 3 is 1.85 bits per heavy atom. The quantitative estimate of drug-likeness (QED) is 0.445. The molecule has 8 heteroatoms. The summed E-state index contributed by atoms with van der Waals surface area (Å²) in [6.07, 6.45) is -0.736. The number of hydrogen-bond donors (Lipinski definition) is 0. The van der Waals surface area contributed by atoms with Gasteiger partial charge in [0.2, 0.25) is 0 Å². The molecule has 0 aliphatic carbocycles. The van der Waals surface area contributed by atoms with Crippen LogP contribution in [0.2, 0.25) is 0 Å². The fourth-order valence-electron chi connectivity index (χ4n) is 4.82. The van der Waals surface area contributed by atoms with Crippen LogP contribution >= 0.6 is 0 Å². The third-order valence-corrected chi connectivity index (χ3v) is 6.47. The van der Waals surface area contributed by atoms with Crippen molar-refractivity contribution >= 4 is 23.8 Å². The highest BCUT2D eigenvalue weighted by Crippen LogP contribution is 2.49. The van der Waals surface area contributed by atoms with Crippen LogP contribution in [0.1, 0.15) is 43.9 Å². The molecular formula is C26H19N3O5. The molecule has 0 radical (unpaired) electrons. The molecule has 6 rings (SSSR count). The Balaban J connectivity index is 1.37. The first-order valence-corrected chi connectivity index (χ1v) is 10.9. The van der Waals surface area contributed by atoms with E-state index < -0.39 is 41.9 Å². The number of benzene rings is 3. The Kier molecular flexibility index (Phi) is 4.56. The first-order chi connectivity index (χ1) is 16.6. The van der Waals surface area contributed by atoms with Crippen LogP contribution in [0.25, 0.3) is 0 Å². The molecule has 3 aromatic carbocycles. The molecule has 0 N–H and O–H groups in total. The average molecular weight is 453 g/mol. The minimum Gasteiger partial charge on any atom is -0.446 e. The molecule has 3 aromatic rings. The molecule has 8 nitrogen and oxygen atoms in total. The van der Waals surface area contributed by atoms with E-state index in [0.717, 1.165) is 21.0 Å². The maximum atomic E-state index is 13.8. The predicted octanol–water partition coefficient (Wildman–Crippen LogP) is 3.34. The maximum absolute atomic E-state index is 13.8. The lowest BCUT2D eigenvalue weighted by molar-refractivity contribution is -0.130. The summed E-state index contributed by atoms with van der Waals surface area (Å²) in [4.78, 5) is 53.8. The van der Waals surface area contributed by atoms with Gasteiger partial charge >= 0.3 is 6.09 Å². The van der Waals surface area contributed by atoms with E-state index in [1.165, 1.54) is 5.01 Å². The number of imide groups is 2. The summed E-state index contributed by atoms with van der Waals surface area (Å²) < 4.78 is 5.23. The Morgan fingerprint density at radius 2 is 1.26 bits per heavy atom. The molecule has 0 spiro atoms. The Bertz CT molecular complexity index is 1290. The van der Waals surface area contributed by atoms with Gasteiger partial charge in [0.1, 0.15) is 18.7 Å². The molecule has 4 amide bonds. The van der Waals surface area contributed by atoms with Crippen LogP contribution in [0, 0.1) is 0 Å². The van der Waals surface area contributed by atoms with Crippen molar-refractivity contribution in [2.45, 2.75) is 18.1 Å². The summed E-state index contributed by atoms with van der Waals surface area (Å²) >= 11 is 0. The van der Waals surface area contributed by atoms with Gasteiger partial charge in [0.15, 0.2) is 0 Å². The lowest BCUT2D eigenvalue weighted by Gasteiger charge is -2.21. The first-order valence-electron chi connectivity index (χ1n) is 10.9. The standard InChI is InChI=1S/C26H19N3O5/c30-23-18-13-7-8-14-19(18)24(31)29(23)28-21(17-11-5-2-6-12-17)22(28)25(32)27-20(15-34-26(27)33)16-9-3-1-4-10-16/h1-14,20-22H,15H2/t20-,21-,22+,28?/m1/s1. The van der Waals surface area contributed by atoms with Crippen molar-refractivity contribution in [3.05, 3.63) is 107 Å². The van der Waals surface area contributed by atoms with Gasteiger partial charge in [-0.2, -0.15) is 5.01 Å². The van der Waals surface area contributed by atoms with Gasteiger partial charge in [-0.1, -0.05) is 72.8 Å². The summed E-state index contributed by atoms with van der Waals surface area (Å²) in [6.45, 7) is 0.0460. The molecule has 168 valence electrons. The second kappa shape index (κ2) is 7.64. The van der Waals surface area contributed by atoms with Crippen LogP contribution in [-0.4, -0.2) is 51.4 Å². The Labute approximate surface area is 194 Å². The molecule has 3 aliphatic heterocycles. The number of hydrogen-bond acceptors (Lipinski definition) is 6. The Morgan fingerprint density at radius 1 is 0.735 bits per heavy atom.